The normalized spacial score (nSPS) is 14.2. The Balaban J connectivity index is 0.00000225. The van der Waals surface area contributed by atoms with Crippen molar-refractivity contribution in [2.24, 2.45) is 4.99 Å². The second-order valence-electron chi connectivity index (χ2n) is 6.27. The fourth-order valence-corrected chi connectivity index (χ4v) is 3.03. The average molecular weight is 497 g/mol. The summed E-state index contributed by atoms with van der Waals surface area (Å²) >= 11 is 0. The van der Waals surface area contributed by atoms with Gasteiger partial charge in [-0.05, 0) is 41.8 Å². The third-order valence-electron chi connectivity index (χ3n) is 4.43. The van der Waals surface area contributed by atoms with E-state index in [1.165, 1.54) is 5.56 Å². The number of nitrogens with zero attached hydrogens (tertiary/aromatic N) is 1. The number of halogens is 1. The molecular weight excluding hydrogens is 473 g/mol. The molecule has 0 atom stereocenters. The minimum absolute atomic E-state index is 0. The Labute approximate surface area is 181 Å². The molecule has 0 unspecified atom stereocenters. The summed E-state index contributed by atoms with van der Waals surface area (Å²) in [5, 5.41) is 6.64. The molecule has 0 aromatic heterocycles. The van der Waals surface area contributed by atoms with Crippen LogP contribution in [0.15, 0.2) is 41.4 Å². The van der Waals surface area contributed by atoms with E-state index in [2.05, 4.69) is 21.7 Å². The van der Waals surface area contributed by atoms with E-state index in [1.807, 2.05) is 30.3 Å². The molecule has 150 valence electrons. The summed E-state index contributed by atoms with van der Waals surface area (Å²) in [6.45, 7) is 2.92. The molecule has 0 bridgehead atoms. The molecule has 0 saturated carbocycles. The predicted octanol–water partition coefficient (Wildman–Crippen LogP) is 2.71. The molecule has 0 saturated heterocycles. The Morgan fingerprint density at radius 3 is 2.32 bits per heavy atom. The number of ether oxygens (including phenoxy) is 4. The van der Waals surface area contributed by atoms with Gasteiger partial charge in [-0.2, -0.15) is 0 Å². The van der Waals surface area contributed by atoms with Gasteiger partial charge in [0.2, 0.25) is 6.79 Å². The maximum atomic E-state index is 5.63. The molecule has 0 spiro atoms. The van der Waals surface area contributed by atoms with E-state index in [1.54, 1.807) is 7.05 Å². The van der Waals surface area contributed by atoms with Crippen molar-refractivity contribution in [1.82, 2.24) is 10.6 Å². The Morgan fingerprint density at radius 2 is 1.50 bits per heavy atom. The van der Waals surface area contributed by atoms with Crippen molar-refractivity contribution in [2.75, 3.05) is 33.6 Å². The first-order valence-electron chi connectivity index (χ1n) is 9.03. The fraction of sp³-hybridized carbons (Fsp3) is 0.350. The number of benzene rings is 2. The highest BCUT2D eigenvalue weighted by Crippen LogP contribution is 2.32. The van der Waals surface area contributed by atoms with Gasteiger partial charge in [-0.25, -0.2) is 0 Å². The zero-order valence-electron chi connectivity index (χ0n) is 15.7. The van der Waals surface area contributed by atoms with Gasteiger partial charge in [0.05, 0.1) is 0 Å². The smallest absolute Gasteiger partial charge is 0.231 e. The van der Waals surface area contributed by atoms with Gasteiger partial charge in [0.15, 0.2) is 29.0 Å². The highest BCUT2D eigenvalue weighted by molar-refractivity contribution is 14.0. The lowest BCUT2D eigenvalue weighted by Gasteiger charge is -2.19. The quantitative estimate of drug-likeness (QED) is 0.376. The van der Waals surface area contributed by atoms with Crippen molar-refractivity contribution in [2.45, 2.75) is 13.0 Å². The van der Waals surface area contributed by atoms with E-state index < -0.39 is 0 Å². The Morgan fingerprint density at radius 1 is 0.857 bits per heavy atom. The largest absolute Gasteiger partial charge is 0.486 e. The van der Waals surface area contributed by atoms with E-state index in [0.717, 1.165) is 47.5 Å². The van der Waals surface area contributed by atoms with E-state index in [-0.39, 0.29) is 30.8 Å². The van der Waals surface area contributed by atoms with Crippen molar-refractivity contribution in [3.63, 3.8) is 0 Å². The van der Waals surface area contributed by atoms with E-state index in [0.29, 0.717) is 19.8 Å². The highest BCUT2D eigenvalue weighted by atomic mass is 127. The lowest BCUT2D eigenvalue weighted by molar-refractivity contribution is 0.171. The number of aliphatic imine (C=N–C) groups is 1. The summed E-state index contributed by atoms with van der Waals surface area (Å²) in [5.41, 5.74) is 2.30. The number of fused-ring (bicyclic) bond motifs is 2. The maximum Gasteiger partial charge on any atom is 0.231 e. The Bertz CT molecular complexity index is 844. The molecule has 0 aliphatic carbocycles. The standard InChI is InChI=1S/C20H23N3O4.HI/c1-21-20(23-12-15-3-5-17-19(11-15)27-13-26-17)22-7-6-14-2-4-16-18(10-14)25-9-8-24-16;/h2-5,10-11H,6-9,12-13H2,1H3,(H2,21,22,23);1H. The third-order valence-corrected chi connectivity index (χ3v) is 4.43. The van der Waals surface area contributed by atoms with E-state index in [4.69, 9.17) is 18.9 Å². The molecule has 8 heteroatoms. The van der Waals surface area contributed by atoms with Gasteiger partial charge in [-0.1, -0.05) is 12.1 Å². The lowest BCUT2D eigenvalue weighted by atomic mass is 10.1. The molecule has 2 heterocycles. The predicted molar refractivity (Wildman–Crippen MR) is 117 cm³/mol. The maximum absolute atomic E-state index is 5.63. The van der Waals surface area contributed by atoms with Crippen LogP contribution in [-0.4, -0.2) is 39.6 Å². The van der Waals surface area contributed by atoms with Crippen LogP contribution >= 0.6 is 24.0 Å². The van der Waals surface area contributed by atoms with Crippen molar-refractivity contribution in [1.29, 1.82) is 0 Å². The molecule has 28 heavy (non-hydrogen) atoms. The molecule has 2 aliphatic rings. The first-order valence-corrected chi connectivity index (χ1v) is 9.03. The van der Waals surface area contributed by atoms with E-state index >= 15 is 0 Å². The molecule has 0 amide bonds. The topological polar surface area (TPSA) is 73.3 Å². The summed E-state index contributed by atoms with van der Waals surface area (Å²) < 4.78 is 21.9. The van der Waals surface area contributed by atoms with Crippen LogP contribution in [0.2, 0.25) is 0 Å². The van der Waals surface area contributed by atoms with Crippen LogP contribution in [-0.2, 0) is 13.0 Å². The molecule has 0 radical (unpaired) electrons. The Hall–Kier alpha value is -2.36. The van der Waals surface area contributed by atoms with Gasteiger partial charge >= 0.3 is 0 Å². The number of rotatable bonds is 5. The van der Waals surface area contributed by atoms with Gasteiger partial charge in [-0.3, -0.25) is 4.99 Å². The summed E-state index contributed by atoms with van der Waals surface area (Å²) in [6, 6.07) is 12.0. The fourth-order valence-electron chi connectivity index (χ4n) is 3.03. The summed E-state index contributed by atoms with van der Waals surface area (Å²) in [4.78, 5) is 4.27. The number of hydrogen-bond donors (Lipinski definition) is 2. The number of guanidine groups is 1. The first-order chi connectivity index (χ1) is 13.3. The molecule has 2 aromatic carbocycles. The van der Waals surface area contributed by atoms with Gasteiger partial charge in [0.1, 0.15) is 13.2 Å². The second-order valence-corrected chi connectivity index (χ2v) is 6.27. The molecule has 2 aliphatic heterocycles. The van der Waals surface area contributed by atoms with Crippen LogP contribution in [0.3, 0.4) is 0 Å². The van der Waals surface area contributed by atoms with E-state index in [9.17, 15) is 0 Å². The monoisotopic (exact) mass is 497 g/mol. The first kappa shape index (κ1) is 20.4. The number of hydrogen-bond acceptors (Lipinski definition) is 5. The summed E-state index contributed by atoms with van der Waals surface area (Å²) in [7, 11) is 1.76. The SMILES string of the molecule is CN=C(NCCc1ccc2c(c1)OCCO2)NCc1ccc2c(c1)OCO2.I. The summed E-state index contributed by atoms with van der Waals surface area (Å²) in [5.74, 6) is 3.98. The zero-order valence-corrected chi connectivity index (χ0v) is 18.0. The van der Waals surface area contributed by atoms with Gasteiger partial charge < -0.3 is 29.6 Å². The zero-order chi connectivity index (χ0) is 18.5. The van der Waals surface area contributed by atoms with Gasteiger partial charge in [0.25, 0.3) is 0 Å². The van der Waals surface area contributed by atoms with Crippen LogP contribution in [0.1, 0.15) is 11.1 Å². The third kappa shape index (κ3) is 4.92. The van der Waals surface area contributed by atoms with Crippen molar-refractivity contribution >= 4 is 29.9 Å². The molecule has 2 aromatic rings. The number of nitrogens with one attached hydrogen (secondary N) is 2. The van der Waals surface area contributed by atoms with Gasteiger partial charge in [0, 0.05) is 20.1 Å². The van der Waals surface area contributed by atoms with Crippen molar-refractivity contribution in [3.8, 4) is 23.0 Å². The molecule has 0 fully saturated rings. The highest BCUT2D eigenvalue weighted by Gasteiger charge is 2.13. The lowest BCUT2D eigenvalue weighted by Crippen LogP contribution is -2.37. The average Bonchev–Trinajstić information content (AvgIpc) is 3.18. The minimum atomic E-state index is 0. The van der Waals surface area contributed by atoms with Crippen molar-refractivity contribution in [3.05, 3.63) is 47.5 Å². The molecular formula is C20H24IN3O4. The Kier molecular flexibility index (Phi) is 7.07. The summed E-state index contributed by atoms with van der Waals surface area (Å²) in [6.07, 6.45) is 0.862. The van der Waals surface area contributed by atoms with Crippen molar-refractivity contribution < 1.29 is 18.9 Å². The van der Waals surface area contributed by atoms with Crippen LogP contribution in [0.5, 0.6) is 23.0 Å². The van der Waals surface area contributed by atoms with Crippen LogP contribution in [0.4, 0.5) is 0 Å². The van der Waals surface area contributed by atoms with Crippen LogP contribution in [0, 0.1) is 0 Å². The molecule has 7 nitrogen and oxygen atoms in total. The molecule has 4 rings (SSSR count). The van der Waals surface area contributed by atoms with Crippen LogP contribution in [0.25, 0.3) is 0 Å². The molecule has 2 N–H and O–H groups in total. The minimum Gasteiger partial charge on any atom is -0.486 e. The van der Waals surface area contributed by atoms with Crippen LogP contribution < -0.4 is 29.6 Å². The second kappa shape index (κ2) is 9.72. The van der Waals surface area contributed by atoms with Gasteiger partial charge in [-0.15, -0.1) is 24.0 Å².